The second-order valence-electron chi connectivity index (χ2n) is 3.92. The molecule has 1 aromatic carbocycles. The third kappa shape index (κ3) is 2.04. The van der Waals surface area contributed by atoms with Crippen molar-refractivity contribution in [3.05, 3.63) is 28.0 Å². The summed E-state index contributed by atoms with van der Waals surface area (Å²) < 4.78 is 2.20. The number of aryl methyl sites for hydroxylation is 2. The van der Waals surface area contributed by atoms with Crippen LogP contribution in [-0.2, 0) is 6.54 Å². The Morgan fingerprint density at radius 2 is 1.94 bits per heavy atom. The first kappa shape index (κ1) is 11.7. The first-order chi connectivity index (χ1) is 7.63. The van der Waals surface area contributed by atoms with Crippen LogP contribution in [0.15, 0.2) is 12.1 Å². The lowest BCUT2D eigenvalue weighted by Gasteiger charge is -2.05. The maximum atomic E-state index is 6.03. The normalized spacial score (nSPS) is 11.2. The van der Waals surface area contributed by atoms with Crippen LogP contribution in [0.2, 0.25) is 10.0 Å². The number of rotatable bonds is 3. The van der Waals surface area contributed by atoms with E-state index in [0.717, 1.165) is 29.8 Å². The Balaban J connectivity index is 2.55. The summed E-state index contributed by atoms with van der Waals surface area (Å²) in [4.78, 5) is 4.49. The van der Waals surface area contributed by atoms with Crippen LogP contribution in [0.4, 0.5) is 0 Å². The van der Waals surface area contributed by atoms with E-state index in [1.807, 2.05) is 19.1 Å². The zero-order valence-electron chi connectivity index (χ0n) is 9.43. The minimum atomic E-state index is 0.564. The van der Waals surface area contributed by atoms with E-state index in [0.29, 0.717) is 10.0 Å². The van der Waals surface area contributed by atoms with Crippen LogP contribution in [0, 0.1) is 6.92 Å². The average molecular weight is 257 g/mol. The Labute approximate surface area is 105 Å². The Morgan fingerprint density at radius 3 is 2.62 bits per heavy atom. The molecule has 0 saturated heterocycles. The maximum Gasteiger partial charge on any atom is 0.106 e. The van der Waals surface area contributed by atoms with Crippen LogP contribution < -0.4 is 0 Å². The summed E-state index contributed by atoms with van der Waals surface area (Å²) in [5.41, 5.74) is 1.99. The highest BCUT2D eigenvalue weighted by Gasteiger charge is 2.09. The Morgan fingerprint density at radius 1 is 1.25 bits per heavy atom. The zero-order chi connectivity index (χ0) is 11.7. The Bertz CT molecular complexity index is 517. The van der Waals surface area contributed by atoms with Crippen molar-refractivity contribution in [2.45, 2.75) is 33.2 Å². The van der Waals surface area contributed by atoms with Gasteiger partial charge in [-0.15, -0.1) is 0 Å². The molecule has 0 aliphatic carbocycles. The predicted molar refractivity (Wildman–Crippen MR) is 69.4 cm³/mol. The molecule has 0 aliphatic rings. The molecule has 86 valence electrons. The number of benzene rings is 1. The second-order valence-corrected chi connectivity index (χ2v) is 4.73. The number of hydrogen-bond acceptors (Lipinski definition) is 1. The van der Waals surface area contributed by atoms with Crippen LogP contribution in [-0.4, -0.2) is 9.55 Å². The molecule has 0 fully saturated rings. The van der Waals surface area contributed by atoms with E-state index in [1.54, 1.807) is 0 Å². The molecule has 2 aromatic rings. The van der Waals surface area contributed by atoms with Crippen molar-refractivity contribution in [2.75, 3.05) is 0 Å². The van der Waals surface area contributed by atoms with Gasteiger partial charge in [0.05, 0.1) is 21.1 Å². The highest BCUT2D eigenvalue weighted by molar-refractivity contribution is 6.42. The molecule has 0 aliphatic heterocycles. The molecule has 16 heavy (non-hydrogen) atoms. The van der Waals surface area contributed by atoms with Crippen LogP contribution in [0.25, 0.3) is 11.0 Å². The summed E-state index contributed by atoms with van der Waals surface area (Å²) in [5, 5.41) is 1.15. The molecule has 0 bridgehead atoms. The van der Waals surface area contributed by atoms with Crippen molar-refractivity contribution in [3.8, 4) is 0 Å². The van der Waals surface area contributed by atoms with Gasteiger partial charge >= 0.3 is 0 Å². The van der Waals surface area contributed by atoms with Gasteiger partial charge in [-0.1, -0.05) is 36.5 Å². The average Bonchev–Trinajstić information content (AvgIpc) is 2.52. The van der Waals surface area contributed by atoms with Gasteiger partial charge in [0.25, 0.3) is 0 Å². The number of aromatic nitrogens is 2. The van der Waals surface area contributed by atoms with E-state index in [-0.39, 0.29) is 0 Å². The lowest BCUT2D eigenvalue weighted by atomic mass is 10.3. The third-order valence-corrected chi connectivity index (χ3v) is 3.44. The third-order valence-electron chi connectivity index (χ3n) is 2.72. The molecular weight excluding hydrogens is 243 g/mol. The molecule has 0 amide bonds. The molecule has 2 rings (SSSR count). The van der Waals surface area contributed by atoms with Crippen LogP contribution in [0.1, 0.15) is 25.6 Å². The quantitative estimate of drug-likeness (QED) is 0.794. The molecule has 0 saturated carbocycles. The Kier molecular flexibility index (Phi) is 3.41. The minimum absolute atomic E-state index is 0.564. The van der Waals surface area contributed by atoms with Gasteiger partial charge in [-0.05, 0) is 25.5 Å². The monoisotopic (exact) mass is 256 g/mol. The summed E-state index contributed by atoms with van der Waals surface area (Å²) in [6.45, 7) is 5.17. The molecule has 0 N–H and O–H groups in total. The fourth-order valence-corrected chi connectivity index (χ4v) is 2.15. The van der Waals surface area contributed by atoms with Gasteiger partial charge in [0.1, 0.15) is 5.82 Å². The number of hydrogen-bond donors (Lipinski definition) is 0. The minimum Gasteiger partial charge on any atom is -0.328 e. The first-order valence-corrected chi connectivity index (χ1v) is 6.21. The van der Waals surface area contributed by atoms with Gasteiger partial charge < -0.3 is 4.57 Å². The molecule has 4 heteroatoms. The topological polar surface area (TPSA) is 17.8 Å². The maximum absolute atomic E-state index is 6.03. The van der Waals surface area contributed by atoms with Crippen molar-refractivity contribution in [3.63, 3.8) is 0 Å². The fraction of sp³-hybridized carbons (Fsp3) is 0.417. The van der Waals surface area contributed by atoms with E-state index in [9.17, 15) is 0 Å². The van der Waals surface area contributed by atoms with E-state index < -0.39 is 0 Å². The molecule has 1 heterocycles. The van der Waals surface area contributed by atoms with Crippen LogP contribution in [0.3, 0.4) is 0 Å². The standard InChI is InChI=1S/C12H14Cl2N2/c1-3-4-5-16-8(2)15-11-6-9(13)10(14)7-12(11)16/h6-7H,3-5H2,1-2H3. The van der Waals surface area contributed by atoms with Crippen molar-refractivity contribution in [2.24, 2.45) is 0 Å². The van der Waals surface area contributed by atoms with Gasteiger partial charge in [-0.25, -0.2) is 4.98 Å². The van der Waals surface area contributed by atoms with Gasteiger partial charge in [0, 0.05) is 6.54 Å². The summed E-state index contributed by atoms with van der Waals surface area (Å²) in [7, 11) is 0. The lowest BCUT2D eigenvalue weighted by molar-refractivity contribution is 0.631. The number of imidazole rings is 1. The highest BCUT2D eigenvalue weighted by atomic mass is 35.5. The molecule has 1 aromatic heterocycles. The van der Waals surface area contributed by atoms with Crippen molar-refractivity contribution in [1.29, 1.82) is 0 Å². The van der Waals surface area contributed by atoms with Gasteiger partial charge in [0.15, 0.2) is 0 Å². The summed E-state index contributed by atoms with van der Waals surface area (Å²) in [5.74, 6) is 1.02. The summed E-state index contributed by atoms with van der Waals surface area (Å²) in [6, 6.07) is 3.73. The lowest BCUT2D eigenvalue weighted by Crippen LogP contribution is -1.99. The number of unbranched alkanes of at least 4 members (excludes halogenated alkanes) is 1. The largest absolute Gasteiger partial charge is 0.328 e. The summed E-state index contributed by atoms with van der Waals surface area (Å²) in [6.07, 6.45) is 2.31. The number of fused-ring (bicyclic) bond motifs is 1. The van der Waals surface area contributed by atoms with Gasteiger partial charge in [0.2, 0.25) is 0 Å². The summed E-state index contributed by atoms with van der Waals surface area (Å²) >= 11 is 12.0. The first-order valence-electron chi connectivity index (χ1n) is 5.45. The zero-order valence-corrected chi connectivity index (χ0v) is 10.9. The SMILES string of the molecule is CCCCn1c(C)nc2cc(Cl)c(Cl)cc21. The van der Waals surface area contributed by atoms with E-state index in [4.69, 9.17) is 23.2 Å². The van der Waals surface area contributed by atoms with E-state index in [2.05, 4.69) is 16.5 Å². The second kappa shape index (κ2) is 4.64. The van der Waals surface area contributed by atoms with Crippen molar-refractivity contribution >= 4 is 34.2 Å². The van der Waals surface area contributed by atoms with Crippen LogP contribution in [0.5, 0.6) is 0 Å². The molecule has 2 nitrogen and oxygen atoms in total. The molecule has 0 spiro atoms. The van der Waals surface area contributed by atoms with Gasteiger partial charge in [-0.2, -0.15) is 0 Å². The van der Waals surface area contributed by atoms with Crippen molar-refractivity contribution < 1.29 is 0 Å². The Hall–Kier alpha value is -0.730. The van der Waals surface area contributed by atoms with Crippen molar-refractivity contribution in [1.82, 2.24) is 9.55 Å². The number of nitrogens with zero attached hydrogens (tertiary/aromatic N) is 2. The predicted octanol–water partition coefficient (Wildman–Crippen LogP) is 4.45. The fourth-order valence-electron chi connectivity index (χ4n) is 1.84. The van der Waals surface area contributed by atoms with Crippen LogP contribution >= 0.6 is 23.2 Å². The molecule has 0 unspecified atom stereocenters. The van der Waals surface area contributed by atoms with E-state index in [1.165, 1.54) is 6.42 Å². The van der Waals surface area contributed by atoms with Gasteiger partial charge in [-0.3, -0.25) is 0 Å². The molecular formula is C12H14Cl2N2. The smallest absolute Gasteiger partial charge is 0.106 e. The molecule has 0 atom stereocenters. The van der Waals surface area contributed by atoms with E-state index >= 15 is 0 Å². The molecule has 0 radical (unpaired) electrons. The number of halogens is 2. The highest BCUT2D eigenvalue weighted by Crippen LogP contribution is 2.28.